The molecule has 1 unspecified atom stereocenters. The van der Waals surface area contributed by atoms with Crippen molar-refractivity contribution in [3.8, 4) is 11.5 Å². The van der Waals surface area contributed by atoms with Crippen molar-refractivity contribution in [1.29, 1.82) is 0 Å². The van der Waals surface area contributed by atoms with Crippen LogP contribution in [0.15, 0.2) is 42.6 Å². The third-order valence-corrected chi connectivity index (χ3v) is 2.95. The van der Waals surface area contributed by atoms with Gasteiger partial charge in [-0.1, -0.05) is 12.1 Å². The van der Waals surface area contributed by atoms with Crippen molar-refractivity contribution in [2.45, 2.75) is 19.3 Å². The second-order valence-corrected chi connectivity index (χ2v) is 4.45. The third-order valence-electron chi connectivity index (χ3n) is 2.95. The summed E-state index contributed by atoms with van der Waals surface area (Å²) >= 11 is 0. The van der Waals surface area contributed by atoms with Crippen molar-refractivity contribution in [3.63, 3.8) is 0 Å². The number of halogens is 2. The minimum Gasteiger partial charge on any atom is -0.395 e. The van der Waals surface area contributed by atoms with Gasteiger partial charge in [-0.05, 0) is 36.8 Å². The Morgan fingerprint density at radius 2 is 1.95 bits per heavy atom. The van der Waals surface area contributed by atoms with Gasteiger partial charge in [-0.2, -0.15) is 0 Å². The van der Waals surface area contributed by atoms with Gasteiger partial charge in [0.05, 0.1) is 6.04 Å². The van der Waals surface area contributed by atoms with Crippen LogP contribution in [0.1, 0.15) is 18.5 Å². The van der Waals surface area contributed by atoms with Crippen molar-refractivity contribution in [2.24, 2.45) is 0 Å². The summed E-state index contributed by atoms with van der Waals surface area (Å²) in [5.74, 6) is 0.800. The topological polar surface area (TPSA) is 43.4 Å². The van der Waals surface area contributed by atoms with Crippen LogP contribution in [0.4, 0.5) is 14.6 Å². The number of nitrogens with one attached hydrogen (secondary N) is 1. The maximum Gasteiger partial charge on any atom is 0.586 e. The molecule has 104 valence electrons. The Morgan fingerprint density at radius 3 is 2.70 bits per heavy atom. The van der Waals surface area contributed by atoms with E-state index in [0.717, 1.165) is 5.56 Å². The van der Waals surface area contributed by atoms with E-state index < -0.39 is 6.29 Å². The van der Waals surface area contributed by atoms with Gasteiger partial charge < -0.3 is 14.8 Å². The highest BCUT2D eigenvalue weighted by molar-refractivity contribution is 5.47. The lowest BCUT2D eigenvalue weighted by Gasteiger charge is -2.15. The van der Waals surface area contributed by atoms with Gasteiger partial charge in [-0.3, -0.25) is 0 Å². The molecule has 0 fully saturated rings. The van der Waals surface area contributed by atoms with Crippen LogP contribution in [0.3, 0.4) is 0 Å². The minimum absolute atomic E-state index is 0.0437. The van der Waals surface area contributed by atoms with E-state index in [1.165, 1.54) is 12.1 Å². The van der Waals surface area contributed by atoms with Crippen LogP contribution < -0.4 is 14.8 Å². The first-order chi connectivity index (χ1) is 9.53. The first-order valence-corrected chi connectivity index (χ1v) is 6.11. The van der Waals surface area contributed by atoms with Crippen LogP contribution in [0, 0.1) is 0 Å². The van der Waals surface area contributed by atoms with Crippen molar-refractivity contribution >= 4 is 5.82 Å². The maximum absolute atomic E-state index is 12.9. The fraction of sp³-hybridized carbons (Fsp3) is 0.214. The van der Waals surface area contributed by atoms with Crippen LogP contribution in [0.2, 0.25) is 0 Å². The minimum atomic E-state index is -3.58. The lowest BCUT2D eigenvalue weighted by atomic mass is 10.1. The van der Waals surface area contributed by atoms with Crippen LogP contribution in [0.25, 0.3) is 0 Å². The van der Waals surface area contributed by atoms with E-state index in [1.807, 2.05) is 25.1 Å². The normalized spacial score (nSPS) is 16.8. The molecule has 0 radical (unpaired) electrons. The number of pyridine rings is 1. The molecule has 0 bridgehead atoms. The molecule has 1 atom stereocenters. The summed E-state index contributed by atoms with van der Waals surface area (Å²) in [7, 11) is 0. The molecule has 1 aliphatic rings. The molecule has 0 amide bonds. The molecule has 20 heavy (non-hydrogen) atoms. The molecule has 1 aromatic heterocycles. The van der Waals surface area contributed by atoms with Gasteiger partial charge in [0.1, 0.15) is 5.82 Å². The van der Waals surface area contributed by atoms with E-state index >= 15 is 0 Å². The fourth-order valence-corrected chi connectivity index (χ4v) is 1.99. The van der Waals surface area contributed by atoms with Crippen LogP contribution in [-0.4, -0.2) is 11.3 Å². The smallest absolute Gasteiger partial charge is 0.395 e. The fourth-order valence-electron chi connectivity index (χ4n) is 1.99. The summed E-state index contributed by atoms with van der Waals surface area (Å²) in [6, 6.07) is 10.1. The number of rotatable bonds is 3. The molecule has 3 rings (SSSR count). The number of anilines is 1. The Morgan fingerprint density at radius 1 is 1.15 bits per heavy atom. The molecule has 0 saturated carbocycles. The van der Waals surface area contributed by atoms with E-state index in [-0.39, 0.29) is 17.5 Å². The molecule has 6 heteroatoms. The first-order valence-electron chi connectivity index (χ1n) is 6.11. The molecule has 1 N–H and O–H groups in total. The van der Waals surface area contributed by atoms with Gasteiger partial charge in [-0.25, -0.2) is 4.98 Å². The van der Waals surface area contributed by atoms with E-state index in [2.05, 4.69) is 19.8 Å². The van der Waals surface area contributed by atoms with E-state index in [9.17, 15) is 8.78 Å². The summed E-state index contributed by atoms with van der Waals surface area (Å²) < 4.78 is 34.7. The van der Waals surface area contributed by atoms with Crippen molar-refractivity contribution < 1.29 is 18.3 Å². The second kappa shape index (κ2) is 4.63. The van der Waals surface area contributed by atoms with Crippen molar-refractivity contribution in [3.05, 3.63) is 48.2 Å². The Kier molecular flexibility index (Phi) is 2.93. The monoisotopic (exact) mass is 278 g/mol. The van der Waals surface area contributed by atoms with E-state index in [4.69, 9.17) is 0 Å². The highest BCUT2D eigenvalue weighted by Gasteiger charge is 2.43. The summed E-state index contributed by atoms with van der Waals surface area (Å²) in [6.07, 6.45) is -1.91. The predicted octanol–water partition coefficient (Wildman–Crippen LogP) is 3.58. The molecule has 1 aromatic carbocycles. The van der Waals surface area contributed by atoms with E-state index in [1.54, 1.807) is 12.3 Å². The molecule has 0 aliphatic carbocycles. The Labute approximate surface area is 114 Å². The molecule has 4 nitrogen and oxygen atoms in total. The lowest BCUT2D eigenvalue weighted by Crippen LogP contribution is -2.25. The zero-order valence-corrected chi connectivity index (χ0v) is 10.6. The Balaban J connectivity index is 1.79. The molecule has 0 spiro atoms. The van der Waals surface area contributed by atoms with Crippen LogP contribution in [-0.2, 0) is 0 Å². The lowest BCUT2D eigenvalue weighted by molar-refractivity contribution is -0.286. The number of fused-ring (bicyclic) bond motifs is 1. The highest BCUT2D eigenvalue weighted by Crippen LogP contribution is 2.42. The molecule has 2 aromatic rings. The largest absolute Gasteiger partial charge is 0.586 e. The Bertz CT molecular complexity index is 620. The average molecular weight is 278 g/mol. The van der Waals surface area contributed by atoms with Gasteiger partial charge in [-0.15, -0.1) is 8.78 Å². The summed E-state index contributed by atoms with van der Waals surface area (Å²) in [6.45, 7) is 1.91. The van der Waals surface area contributed by atoms with Crippen molar-refractivity contribution in [1.82, 2.24) is 4.98 Å². The number of ether oxygens (including phenoxy) is 2. The predicted molar refractivity (Wildman–Crippen MR) is 68.9 cm³/mol. The third kappa shape index (κ3) is 2.49. The highest BCUT2D eigenvalue weighted by atomic mass is 19.3. The molecular weight excluding hydrogens is 266 g/mol. The van der Waals surface area contributed by atoms with Gasteiger partial charge in [0.25, 0.3) is 0 Å². The molecule has 0 saturated heterocycles. The van der Waals surface area contributed by atoms with Gasteiger partial charge in [0.2, 0.25) is 0 Å². The number of alkyl halides is 2. The second-order valence-electron chi connectivity index (χ2n) is 4.45. The number of hydrogen-bond acceptors (Lipinski definition) is 4. The van der Waals surface area contributed by atoms with Gasteiger partial charge >= 0.3 is 6.29 Å². The standard InChI is InChI=1S/C14H12F2N2O2/c1-9(18-13-4-2-3-7-17-13)10-5-6-11-12(8-10)20-14(15,16)19-11/h2-9H,1H3,(H,17,18). The van der Waals surface area contributed by atoms with E-state index in [0.29, 0.717) is 5.82 Å². The van der Waals surface area contributed by atoms with Crippen LogP contribution in [0.5, 0.6) is 11.5 Å². The molecule has 2 heterocycles. The van der Waals surface area contributed by atoms with Crippen molar-refractivity contribution in [2.75, 3.05) is 5.32 Å². The molecular formula is C14H12F2N2O2. The summed E-state index contributed by atoms with van der Waals surface area (Å²) in [5.41, 5.74) is 0.802. The molecule has 1 aliphatic heterocycles. The number of aromatic nitrogens is 1. The van der Waals surface area contributed by atoms with Crippen LogP contribution >= 0.6 is 0 Å². The zero-order valence-electron chi connectivity index (χ0n) is 10.6. The number of hydrogen-bond donors (Lipinski definition) is 1. The Hall–Kier alpha value is -2.37. The summed E-state index contributed by atoms with van der Waals surface area (Å²) in [4.78, 5) is 4.15. The number of benzene rings is 1. The average Bonchev–Trinajstić information content (AvgIpc) is 2.72. The number of nitrogens with zero attached hydrogens (tertiary/aromatic N) is 1. The quantitative estimate of drug-likeness (QED) is 0.932. The first kappa shape index (κ1) is 12.7. The summed E-state index contributed by atoms with van der Waals surface area (Å²) in [5, 5.41) is 3.18. The maximum atomic E-state index is 12.9. The zero-order chi connectivity index (χ0) is 14.2. The SMILES string of the molecule is CC(Nc1ccccn1)c1ccc2c(c1)OC(F)(F)O2. The van der Waals surface area contributed by atoms with Gasteiger partial charge in [0.15, 0.2) is 11.5 Å². The van der Waals surface area contributed by atoms with Gasteiger partial charge in [0, 0.05) is 6.20 Å².